The highest BCUT2D eigenvalue weighted by atomic mass is 35.5. The van der Waals surface area contributed by atoms with Gasteiger partial charge < -0.3 is 4.57 Å². The number of fused-ring (bicyclic) bond motifs is 1. The molecule has 0 N–H and O–H groups in total. The van der Waals surface area contributed by atoms with Crippen LogP contribution in [0, 0.1) is 5.92 Å². The highest BCUT2D eigenvalue weighted by Crippen LogP contribution is 2.33. The summed E-state index contributed by atoms with van der Waals surface area (Å²) in [5.74, 6) is 0.509. The molecule has 1 aliphatic rings. The van der Waals surface area contributed by atoms with E-state index in [9.17, 15) is 4.79 Å². The Morgan fingerprint density at radius 3 is 2.78 bits per heavy atom. The Hall–Kier alpha value is -1.28. The zero-order chi connectivity index (χ0) is 12.7. The molecule has 1 aliphatic carbocycles. The first-order valence-corrected chi connectivity index (χ1v) is 6.84. The molecule has 2 aromatic rings. The van der Waals surface area contributed by atoms with Gasteiger partial charge in [-0.05, 0) is 18.9 Å². The van der Waals surface area contributed by atoms with Gasteiger partial charge in [0, 0.05) is 30.1 Å². The standard InChI is InChI=1S/C15H16ClNO/c1-17-9-12(15(18)10-5-2-3-6-10)11-7-4-8-13(16)14(11)17/h4,7-10H,2-3,5-6H2,1H3. The second-order valence-electron chi connectivity index (χ2n) is 5.14. The third-order valence-corrected chi connectivity index (χ3v) is 4.25. The van der Waals surface area contributed by atoms with Gasteiger partial charge in [0.2, 0.25) is 0 Å². The van der Waals surface area contributed by atoms with Gasteiger partial charge in [0.1, 0.15) is 0 Å². The Balaban J connectivity index is 2.12. The van der Waals surface area contributed by atoms with E-state index < -0.39 is 0 Å². The third kappa shape index (κ3) is 1.76. The van der Waals surface area contributed by atoms with Crippen LogP contribution in [0.25, 0.3) is 10.9 Å². The normalized spacial score (nSPS) is 16.6. The number of hydrogen-bond acceptors (Lipinski definition) is 1. The number of hydrogen-bond donors (Lipinski definition) is 0. The first kappa shape index (κ1) is 11.8. The van der Waals surface area contributed by atoms with Gasteiger partial charge in [-0.2, -0.15) is 0 Å². The zero-order valence-corrected chi connectivity index (χ0v) is 11.2. The predicted molar refractivity (Wildman–Crippen MR) is 74.2 cm³/mol. The zero-order valence-electron chi connectivity index (χ0n) is 10.4. The van der Waals surface area contributed by atoms with Crippen molar-refractivity contribution >= 4 is 28.3 Å². The molecule has 18 heavy (non-hydrogen) atoms. The summed E-state index contributed by atoms with van der Waals surface area (Å²) >= 11 is 6.21. The quantitative estimate of drug-likeness (QED) is 0.743. The van der Waals surface area contributed by atoms with Gasteiger partial charge in [-0.1, -0.05) is 36.6 Å². The van der Waals surface area contributed by atoms with Crippen LogP contribution in [0.1, 0.15) is 36.0 Å². The van der Waals surface area contributed by atoms with Gasteiger partial charge in [-0.15, -0.1) is 0 Å². The summed E-state index contributed by atoms with van der Waals surface area (Å²) in [7, 11) is 1.94. The van der Waals surface area contributed by atoms with Crippen molar-refractivity contribution in [2.24, 2.45) is 13.0 Å². The lowest BCUT2D eigenvalue weighted by Gasteiger charge is -2.06. The molecule has 3 heteroatoms. The lowest BCUT2D eigenvalue weighted by Crippen LogP contribution is -2.10. The number of halogens is 1. The second kappa shape index (κ2) is 4.43. The van der Waals surface area contributed by atoms with Crippen LogP contribution >= 0.6 is 11.6 Å². The molecule has 0 aliphatic heterocycles. The van der Waals surface area contributed by atoms with Crippen molar-refractivity contribution in [3.63, 3.8) is 0 Å². The summed E-state index contributed by atoms with van der Waals surface area (Å²) in [5.41, 5.74) is 1.79. The van der Waals surface area contributed by atoms with Gasteiger partial charge in [0.05, 0.1) is 10.5 Å². The Kier molecular flexibility index (Phi) is 2.90. The van der Waals surface area contributed by atoms with Gasteiger partial charge >= 0.3 is 0 Å². The molecule has 1 heterocycles. The van der Waals surface area contributed by atoms with Crippen molar-refractivity contribution in [2.75, 3.05) is 0 Å². The van der Waals surface area contributed by atoms with Gasteiger partial charge in [0.15, 0.2) is 5.78 Å². The fourth-order valence-electron chi connectivity index (χ4n) is 3.02. The van der Waals surface area contributed by atoms with Crippen LogP contribution in [0.15, 0.2) is 24.4 Å². The SMILES string of the molecule is Cn1cc(C(=O)C2CCCC2)c2cccc(Cl)c21. The average molecular weight is 262 g/mol. The summed E-state index contributed by atoms with van der Waals surface area (Å²) in [6, 6.07) is 5.77. The number of para-hydroxylation sites is 1. The first-order chi connectivity index (χ1) is 8.68. The van der Waals surface area contributed by atoms with Crippen LogP contribution < -0.4 is 0 Å². The van der Waals surface area contributed by atoms with Crippen molar-refractivity contribution in [1.29, 1.82) is 0 Å². The monoisotopic (exact) mass is 261 g/mol. The van der Waals surface area contributed by atoms with Crippen molar-refractivity contribution in [1.82, 2.24) is 4.57 Å². The number of rotatable bonds is 2. The lowest BCUT2D eigenvalue weighted by atomic mass is 9.96. The topological polar surface area (TPSA) is 22.0 Å². The maximum atomic E-state index is 12.5. The fraction of sp³-hybridized carbons (Fsp3) is 0.400. The molecule has 2 nitrogen and oxygen atoms in total. The number of aromatic nitrogens is 1. The highest BCUT2D eigenvalue weighted by Gasteiger charge is 2.26. The molecule has 0 radical (unpaired) electrons. The smallest absolute Gasteiger partial charge is 0.168 e. The van der Waals surface area contributed by atoms with Crippen LogP contribution in [-0.2, 0) is 7.05 Å². The molecule has 1 aromatic carbocycles. The minimum Gasteiger partial charge on any atom is -0.349 e. The molecule has 1 aromatic heterocycles. The Labute approximate surface area is 112 Å². The van der Waals surface area contributed by atoms with Gasteiger partial charge in [-0.25, -0.2) is 0 Å². The van der Waals surface area contributed by atoms with Crippen molar-refractivity contribution in [2.45, 2.75) is 25.7 Å². The molecule has 3 rings (SSSR count). The minimum absolute atomic E-state index is 0.217. The van der Waals surface area contributed by atoms with E-state index in [1.54, 1.807) is 0 Å². The van der Waals surface area contributed by atoms with E-state index in [0.717, 1.165) is 29.3 Å². The van der Waals surface area contributed by atoms with Crippen molar-refractivity contribution in [3.05, 3.63) is 35.0 Å². The summed E-state index contributed by atoms with van der Waals surface area (Å²) in [6.07, 6.45) is 6.37. The van der Waals surface area contributed by atoms with Gasteiger partial charge in [-0.3, -0.25) is 4.79 Å². The summed E-state index contributed by atoms with van der Waals surface area (Å²) in [5, 5.41) is 1.70. The lowest BCUT2D eigenvalue weighted by molar-refractivity contribution is 0.0924. The summed E-state index contributed by atoms with van der Waals surface area (Å²) < 4.78 is 1.96. The van der Waals surface area contributed by atoms with E-state index in [1.807, 2.05) is 36.0 Å². The molecule has 0 bridgehead atoms. The molecule has 94 valence electrons. The Bertz CT molecular complexity index is 608. The average Bonchev–Trinajstić information content (AvgIpc) is 2.97. The number of aryl methyl sites for hydroxylation is 1. The second-order valence-corrected chi connectivity index (χ2v) is 5.54. The number of nitrogens with zero attached hydrogens (tertiary/aromatic N) is 1. The fourth-order valence-corrected chi connectivity index (χ4v) is 3.33. The number of benzene rings is 1. The molecule has 0 saturated heterocycles. The Morgan fingerprint density at radius 2 is 2.06 bits per heavy atom. The van der Waals surface area contributed by atoms with Crippen LogP contribution in [-0.4, -0.2) is 10.4 Å². The number of ketones is 1. The molecule has 1 fully saturated rings. The molecular formula is C15H16ClNO. The molecule has 0 spiro atoms. The molecular weight excluding hydrogens is 246 g/mol. The number of carbonyl (C=O) groups is 1. The van der Waals surface area contributed by atoms with Crippen molar-refractivity contribution in [3.8, 4) is 0 Å². The van der Waals surface area contributed by atoms with E-state index in [-0.39, 0.29) is 5.92 Å². The van der Waals surface area contributed by atoms with E-state index in [1.165, 1.54) is 12.8 Å². The first-order valence-electron chi connectivity index (χ1n) is 6.46. The minimum atomic E-state index is 0.217. The van der Waals surface area contributed by atoms with E-state index in [2.05, 4.69) is 0 Å². The van der Waals surface area contributed by atoms with E-state index in [4.69, 9.17) is 11.6 Å². The predicted octanol–water partition coefficient (Wildman–Crippen LogP) is 4.20. The third-order valence-electron chi connectivity index (χ3n) is 3.94. The van der Waals surface area contributed by atoms with Crippen LogP contribution in [0.3, 0.4) is 0 Å². The van der Waals surface area contributed by atoms with Crippen LogP contribution in [0.5, 0.6) is 0 Å². The number of Topliss-reactive ketones (excluding diaryl/α,β-unsaturated/α-hetero) is 1. The Morgan fingerprint density at radius 1 is 1.33 bits per heavy atom. The summed E-state index contributed by atoms with van der Waals surface area (Å²) in [4.78, 5) is 12.5. The maximum absolute atomic E-state index is 12.5. The van der Waals surface area contributed by atoms with Crippen LogP contribution in [0.4, 0.5) is 0 Å². The molecule has 0 atom stereocenters. The van der Waals surface area contributed by atoms with Crippen molar-refractivity contribution < 1.29 is 4.79 Å². The van der Waals surface area contributed by atoms with E-state index >= 15 is 0 Å². The van der Waals surface area contributed by atoms with E-state index in [0.29, 0.717) is 10.8 Å². The molecule has 0 unspecified atom stereocenters. The number of carbonyl (C=O) groups excluding carboxylic acids is 1. The van der Waals surface area contributed by atoms with Crippen LogP contribution in [0.2, 0.25) is 5.02 Å². The molecule has 0 amide bonds. The summed E-state index contributed by atoms with van der Waals surface area (Å²) in [6.45, 7) is 0. The van der Waals surface area contributed by atoms with Gasteiger partial charge in [0.25, 0.3) is 0 Å². The molecule has 1 saturated carbocycles. The maximum Gasteiger partial charge on any atom is 0.168 e. The highest BCUT2D eigenvalue weighted by molar-refractivity contribution is 6.35. The largest absolute Gasteiger partial charge is 0.349 e.